The lowest BCUT2D eigenvalue weighted by atomic mass is 9.58. The van der Waals surface area contributed by atoms with Crippen molar-refractivity contribution in [3.63, 3.8) is 0 Å². The van der Waals surface area contributed by atoms with Gasteiger partial charge in [0.1, 0.15) is 5.75 Å². The molecule has 2 heterocycles. The number of phenols is 1. The maximum Gasteiger partial charge on any atom is 0.455 e. The third-order valence-electron chi connectivity index (χ3n) is 8.01. The summed E-state index contributed by atoms with van der Waals surface area (Å²) in [5, 5.41) is 20.8. The van der Waals surface area contributed by atoms with E-state index in [-0.39, 0.29) is 29.6 Å². The van der Waals surface area contributed by atoms with Crippen molar-refractivity contribution in [3.05, 3.63) is 76.9 Å². The minimum atomic E-state index is -0.975. The molecule has 7 heteroatoms. The Balaban J connectivity index is 1.43. The van der Waals surface area contributed by atoms with E-state index >= 15 is 0 Å². The van der Waals surface area contributed by atoms with Crippen LogP contribution in [0.1, 0.15) is 51.5 Å². The number of benzene rings is 2. The molecule has 2 aromatic rings. The lowest BCUT2D eigenvalue weighted by molar-refractivity contribution is -0.122. The van der Waals surface area contributed by atoms with Crippen molar-refractivity contribution >= 4 is 30.7 Å². The summed E-state index contributed by atoms with van der Waals surface area (Å²) in [5.41, 5.74) is 4.81. The molecule has 2 aliphatic heterocycles. The summed E-state index contributed by atoms with van der Waals surface area (Å²) in [4.78, 5) is 28.6. The Morgan fingerprint density at radius 2 is 1.81 bits per heavy atom. The lowest BCUT2D eigenvalue weighted by Gasteiger charge is -2.43. The number of rotatable bonds is 7. The van der Waals surface area contributed by atoms with Crippen molar-refractivity contribution in [2.24, 2.45) is 17.8 Å². The highest BCUT2D eigenvalue weighted by Gasteiger charge is 2.57. The minimum Gasteiger partial charge on any atom is -0.507 e. The van der Waals surface area contributed by atoms with E-state index in [0.29, 0.717) is 24.8 Å². The molecule has 5 rings (SSSR count). The normalized spacial score (nSPS) is 26.0. The highest BCUT2D eigenvalue weighted by Crippen LogP contribution is 2.52. The first-order chi connectivity index (χ1) is 17.9. The Morgan fingerprint density at radius 3 is 2.54 bits per heavy atom. The van der Waals surface area contributed by atoms with Crippen LogP contribution < -0.4 is 4.90 Å². The van der Waals surface area contributed by atoms with Gasteiger partial charge in [0.05, 0.1) is 23.6 Å². The molecule has 0 bridgehead atoms. The van der Waals surface area contributed by atoms with Crippen molar-refractivity contribution < 1.29 is 24.4 Å². The fourth-order valence-electron chi connectivity index (χ4n) is 6.44. The Bertz CT molecular complexity index is 1240. The van der Waals surface area contributed by atoms with E-state index < -0.39 is 19.0 Å². The number of amides is 2. The zero-order valence-corrected chi connectivity index (χ0v) is 21.5. The molecule has 2 N–H and O–H groups in total. The molecular formula is C30H34BNO5. The van der Waals surface area contributed by atoms with E-state index in [1.807, 2.05) is 43.3 Å². The topological polar surface area (TPSA) is 87.1 Å². The number of para-hydroxylation sites is 2. The third-order valence-corrected chi connectivity index (χ3v) is 8.01. The van der Waals surface area contributed by atoms with Gasteiger partial charge in [-0.25, -0.2) is 0 Å². The van der Waals surface area contributed by atoms with Gasteiger partial charge in [-0.1, -0.05) is 67.0 Å². The van der Waals surface area contributed by atoms with Gasteiger partial charge in [-0.2, -0.15) is 0 Å². The van der Waals surface area contributed by atoms with Crippen LogP contribution in [0.15, 0.2) is 71.3 Å². The quantitative estimate of drug-likeness (QED) is 0.304. The average molecular weight is 499 g/mol. The second-order valence-electron chi connectivity index (χ2n) is 10.5. The molecule has 2 aromatic carbocycles. The van der Waals surface area contributed by atoms with Gasteiger partial charge < -0.3 is 14.8 Å². The van der Waals surface area contributed by atoms with Gasteiger partial charge in [0.2, 0.25) is 11.8 Å². The zero-order valence-electron chi connectivity index (χ0n) is 21.5. The fourth-order valence-corrected chi connectivity index (χ4v) is 6.44. The van der Waals surface area contributed by atoms with Crippen LogP contribution in [0.25, 0.3) is 6.08 Å². The van der Waals surface area contributed by atoms with Gasteiger partial charge in [0, 0.05) is 5.56 Å². The molecule has 0 spiro atoms. The van der Waals surface area contributed by atoms with Crippen LogP contribution in [0.2, 0.25) is 6.32 Å². The van der Waals surface area contributed by atoms with Crippen molar-refractivity contribution in [2.45, 2.75) is 58.4 Å². The minimum absolute atomic E-state index is 0.132. The van der Waals surface area contributed by atoms with Crippen molar-refractivity contribution in [3.8, 4) is 5.75 Å². The summed E-state index contributed by atoms with van der Waals surface area (Å²) in [5.74, 6) is -1.12. The van der Waals surface area contributed by atoms with Gasteiger partial charge in [0.15, 0.2) is 0 Å². The molecule has 0 aromatic heterocycles. The maximum atomic E-state index is 13.7. The molecular weight excluding hydrogens is 465 g/mol. The van der Waals surface area contributed by atoms with Crippen LogP contribution >= 0.6 is 0 Å². The lowest BCUT2D eigenvalue weighted by Crippen LogP contribution is -2.46. The van der Waals surface area contributed by atoms with Crippen molar-refractivity contribution in [2.75, 3.05) is 4.90 Å². The fraction of sp³-hybridized carbons (Fsp3) is 0.400. The Kier molecular flexibility index (Phi) is 7.36. The Hall–Kier alpha value is -3.16. The summed E-state index contributed by atoms with van der Waals surface area (Å²) in [6, 6.07) is 16.4. The van der Waals surface area contributed by atoms with Gasteiger partial charge in [-0.3, -0.25) is 14.5 Å². The monoisotopic (exact) mass is 499 g/mol. The number of allylic oxidation sites excluding steroid dienone is 2. The molecule has 37 heavy (non-hydrogen) atoms. The maximum absolute atomic E-state index is 13.7. The second kappa shape index (κ2) is 10.7. The predicted octanol–water partition coefficient (Wildman–Crippen LogP) is 5.38. The number of nitrogens with zero attached hydrogens (tertiary/aromatic N) is 1. The Morgan fingerprint density at radius 1 is 1.08 bits per heavy atom. The van der Waals surface area contributed by atoms with Crippen LogP contribution in [-0.2, 0) is 14.2 Å². The van der Waals surface area contributed by atoms with E-state index in [1.165, 1.54) is 10.5 Å². The first-order valence-electron chi connectivity index (χ1n) is 13.3. The number of hydrogen-bond acceptors (Lipinski definition) is 5. The van der Waals surface area contributed by atoms with E-state index in [9.17, 15) is 19.7 Å². The van der Waals surface area contributed by atoms with E-state index in [4.69, 9.17) is 4.65 Å². The molecule has 3 aliphatic rings. The smallest absolute Gasteiger partial charge is 0.455 e. The average Bonchev–Trinajstić information content (AvgIpc) is 3.14. The highest BCUT2D eigenvalue weighted by molar-refractivity contribution is 6.43. The summed E-state index contributed by atoms with van der Waals surface area (Å²) < 4.78 is 6.09. The third kappa shape index (κ3) is 4.90. The number of phenolic OH excluding ortho intramolecular Hbond substituents is 1. The van der Waals surface area contributed by atoms with Crippen LogP contribution in [0, 0.1) is 17.8 Å². The highest BCUT2D eigenvalue weighted by atomic mass is 16.5. The molecule has 6 nitrogen and oxygen atoms in total. The van der Waals surface area contributed by atoms with Crippen LogP contribution in [0.5, 0.6) is 5.75 Å². The van der Waals surface area contributed by atoms with Gasteiger partial charge >= 0.3 is 7.12 Å². The van der Waals surface area contributed by atoms with Gasteiger partial charge in [0.25, 0.3) is 0 Å². The summed E-state index contributed by atoms with van der Waals surface area (Å²) >= 11 is 0. The van der Waals surface area contributed by atoms with Gasteiger partial charge in [-0.15, -0.1) is 0 Å². The number of aromatic hydroxyl groups is 1. The van der Waals surface area contributed by atoms with Crippen molar-refractivity contribution in [1.29, 1.82) is 0 Å². The molecule has 0 radical (unpaired) electrons. The zero-order chi connectivity index (χ0) is 26.1. The second-order valence-corrected chi connectivity index (χ2v) is 10.5. The Labute approximate surface area is 218 Å². The molecule has 2 amide bonds. The van der Waals surface area contributed by atoms with Gasteiger partial charge in [-0.05, 0) is 68.6 Å². The first-order valence-corrected chi connectivity index (χ1v) is 13.3. The van der Waals surface area contributed by atoms with Crippen LogP contribution in [-0.4, -0.2) is 35.2 Å². The van der Waals surface area contributed by atoms with E-state index in [2.05, 4.69) is 6.92 Å². The number of anilines is 1. The molecule has 192 valence electrons. The molecule has 0 unspecified atom stereocenters. The van der Waals surface area contributed by atoms with Crippen LogP contribution in [0.4, 0.5) is 5.69 Å². The number of carbonyl (C=O) groups excluding carboxylic acids is 2. The summed E-state index contributed by atoms with van der Waals surface area (Å²) in [6.07, 6.45) is 5.74. The first kappa shape index (κ1) is 25.5. The van der Waals surface area contributed by atoms with E-state index in [1.54, 1.807) is 24.3 Å². The largest absolute Gasteiger partial charge is 0.507 e. The molecule has 0 saturated carbocycles. The number of imide groups is 1. The van der Waals surface area contributed by atoms with E-state index in [0.717, 1.165) is 36.0 Å². The summed E-state index contributed by atoms with van der Waals surface area (Å²) in [7, 11) is -0.975. The predicted molar refractivity (Wildman–Crippen MR) is 145 cm³/mol. The number of fused-ring (bicyclic) bond motifs is 3. The standard InChI is InChI=1S/C30H34BNO5/c1-3-9-21-17-23-28(30(35)32(29(23)34)22-11-5-4-6-12-22)24-18-31(36)37-26(27(21)24)15-14-19(2)16-20-10-7-8-13-25(20)33/h4-8,10-13,16,23-24,26,28,33,36H,3,9,14-15,17-18H2,1-2H3/b19-16+/t23-,24+,26-,28-/m1/s1. The SMILES string of the molecule is CCCC1=C2[C@@H](CC/C(C)=C/c3ccccc3O)OB(O)C[C@@H]2[C@@H]2C(=O)N(c3ccccc3)C(=O)[C@@H]2C1. The summed E-state index contributed by atoms with van der Waals surface area (Å²) in [6.45, 7) is 4.15. The molecule has 4 atom stereocenters. The van der Waals surface area contributed by atoms with Crippen LogP contribution in [0.3, 0.4) is 0 Å². The molecule has 2 saturated heterocycles. The molecule has 1 aliphatic carbocycles. The number of hydrogen-bond donors (Lipinski definition) is 2. The van der Waals surface area contributed by atoms with Crippen molar-refractivity contribution in [1.82, 2.24) is 0 Å². The molecule has 2 fully saturated rings. The number of carbonyl (C=O) groups is 2.